The van der Waals surface area contributed by atoms with Gasteiger partial charge in [0.15, 0.2) is 11.5 Å². The summed E-state index contributed by atoms with van der Waals surface area (Å²) in [6.45, 7) is 2.63. The Hall–Kier alpha value is -1.79. The van der Waals surface area contributed by atoms with Crippen LogP contribution in [0.5, 0.6) is 11.5 Å². The summed E-state index contributed by atoms with van der Waals surface area (Å²) < 4.78 is 16.1. The van der Waals surface area contributed by atoms with Crippen LogP contribution in [-0.4, -0.2) is 67.9 Å². The number of carbonyl (C=O) groups excluding carboxylic acids is 1. The number of amides is 1. The molecule has 0 saturated carbocycles. The number of methoxy groups -OCH3 is 1. The Morgan fingerprint density at radius 2 is 2.00 bits per heavy atom. The van der Waals surface area contributed by atoms with Crippen molar-refractivity contribution in [2.24, 2.45) is 0 Å². The zero-order chi connectivity index (χ0) is 17.4. The molecule has 1 atom stereocenters. The number of piperidine rings is 1. The van der Waals surface area contributed by atoms with Crippen molar-refractivity contribution < 1.29 is 19.0 Å². The van der Waals surface area contributed by atoms with Gasteiger partial charge in [-0.05, 0) is 50.9 Å². The SMILES string of the molecule is COCC1CCC2(CCN(C(=O)c3ccc4c(c3)OCO4)CC2)N1C. The second-order valence-corrected chi connectivity index (χ2v) is 7.34. The minimum atomic E-state index is 0.0854. The summed E-state index contributed by atoms with van der Waals surface area (Å²) in [6, 6.07) is 5.95. The molecule has 1 aromatic carbocycles. The monoisotopic (exact) mass is 346 g/mol. The number of benzene rings is 1. The molecule has 1 unspecified atom stereocenters. The molecule has 2 saturated heterocycles. The molecule has 0 aliphatic carbocycles. The summed E-state index contributed by atoms with van der Waals surface area (Å²) in [6.07, 6.45) is 4.43. The summed E-state index contributed by atoms with van der Waals surface area (Å²) >= 11 is 0. The number of rotatable bonds is 3. The fraction of sp³-hybridized carbons (Fsp3) is 0.632. The third kappa shape index (κ3) is 2.87. The fourth-order valence-corrected chi connectivity index (χ4v) is 4.52. The van der Waals surface area contributed by atoms with Crippen molar-refractivity contribution in [2.75, 3.05) is 40.6 Å². The van der Waals surface area contributed by atoms with Crippen molar-refractivity contribution in [3.8, 4) is 11.5 Å². The predicted octanol–water partition coefficient (Wildman–Crippen LogP) is 2.13. The molecule has 6 heteroatoms. The largest absolute Gasteiger partial charge is 0.454 e. The molecule has 2 fully saturated rings. The molecule has 25 heavy (non-hydrogen) atoms. The Morgan fingerprint density at radius 1 is 1.24 bits per heavy atom. The minimum Gasteiger partial charge on any atom is -0.454 e. The van der Waals surface area contributed by atoms with Crippen molar-refractivity contribution in [3.63, 3.8) is 0 Å². The van der Waals surface area contributed by atoms with Gasteiger partial charge in [-0.2, -0.15) is 0 Å². The van der Waals surface area contributed by atoms with Crippen LogP contribution in [0.1, 0.15) is 36.0 Å². The van der Waals surface area contributed by atoms with E-state index >= 15 is 0 Å². The number of nitrogens with zero attached hydrogens (tertiary/aromatic N) is 2. The van der Waals surface area contributed by atoms with Crippen LogP contribution in [-0.2, 0) is 4.74 Å². The highest BCUT2D eigenvalue weighted by atomic mass is 16.7. The smallest absolute Gasteiger partial charge is 0.253 e. The Morgan fingerprint density at radius 3 is 2.76 bits per heavy atom. The molecule has 0 aromatic heterocycles. The molecule has 3 aliphatic rings. The lowest BCUT2D eigenvalue weighted by Crippen LogP contribution is -2.54. The topological polar surface area (TPSA) is 51.2 Å². The molecule has 1 amide bonds. The average Bonchev–Trinajstić information content (AvgIpc) is 3.22. The molecular weight excluding hydrogens is 320 g/mol. The van der Waals surface area contributed by atoms with Gasteiger partial charge in [-0.3, -0.25) is 9.69 Å². The molecule has 136 valence electrons. The lowest BCUT2D eigenvalue weighted by atomic mass is 9.85. The second kappa shape index (κ2) is 6.50. The van der Waals surface area contributed by atoms with Gasteiger partial charge in [0.1, 0.15) is 0 Å². The summed E-state index contributed by atoms with van der Waals surface area (Å²) in [7, 11) is 3.98. The first-order valence-corrected chi connectivity index (χ1v) is 9.04. The standard InChI is InChI=1S/C19H26N2O4/c1-20-15(12-23-2)5-6-19(20)7-9-21(10-8-19)18(22)14-3-4-16-17(11-14)25-13-24-16/h3-4,11,15H,5-10,12-13H2,1-2H3. The first kappa shape index (κ1) is 16.7. The van der Waals surface area contributed by atoms with Gasteiger partial charge < -0.3 is 19.1 Å². The molecule has 1 spiro atoms. The summed E-state index contributed by atoms with van der Waals surface area (Å²) in [4.78, 5) is 17.3. The molecule has 0 radical (unpaired) electrons. The maximum absolute atomic E-state index is 12.8. The highest BCUT2D eigenvalue weighted by Crippen LogP contribution is 2.41. The molecule has 0 bridgehead atoms. The Kier molecular flexibility index (Phi) is 4.33. The van der Waals surface area contributed by atoms with Crippen molar-refractivity contribution >= 4 is 5.91 Å². The Balaban J connectivity index is 1.41. The second-order valence-electron chi connectivity index (χ2n) is 7.34. The van der Waals surface area contributed by atoms with E-state index < -0.39 is 0 Å². The van der Waals surface area contributed by atoms with Crippen molar-refractivity contribution in [1.82, 2.24) is 9.80 Å². The van der Waals surface area contributed by atoms with Crippen LogP contribution in [0.25, 0.3) is 0 Å². The van der Waals surface area contributed by atoms with E-state index in [9.17, 15) is 4.79 Å². The summed E-state index contributed by atoms with van der Waals surface area (Å²) in [5, 5.41) is 0. The number of hydrogen-bond acceptors (Lipinski definition) is 5. The lowest BCUT2D eigenvalue weighted by molar-refractivity contribution is 0.0273. The van der Waals surface area contributed by atoms with Crippen LogP contribution in [0.15, 0.2) is 18.2 Å². The number of likely N-dealkylation sites (N-methyl/N-ethyl adjacent to an activating group) is 1. The highest BCUT2D eigenvalue weighted by Gasteiger charge is 2.46. The van der Waals surface area contributed by atoms with Gasteiger partial charge in [-0.25, -0.2) is 0 Å². The quantitative estimate of drug-likeness (QED) is 0.839. The third-order valence-electron chi connectivity index (χ3n) is 6.20. The van der Waals surface area contributed by atoms with E-state index in [4.69, 9.17) is 14.2 Å². The van der Waals surface area contributed by atoms with E-state index in [1.807, 2.05) is 17.0 Å². The van der Waals surface area contributed by atoms with Crippen LogP contribution in [0.4, 0.5) is 0 Å². The van der Waals surface area contributed by atoms with Gasteiger partial charge in [-0.15, -0.1) is 0 Å². The zero-order valence-corrected chi connectivity index (χ0v) is 15.0. The highest BCUT2D eigenvalue weighted by molar-refractivity contribution is 5.95. The van der Waals surface area contributed by atoms with Gasteiger partial charge in [-0.1, -0.05) is 0 Å². The minimum absolute atomic E-state index is 0.0854. The van der Waals surface area contributed by atoms with E-state index in [0.717, 1.165) is 32.5 Å². The van der Waals surface area contributed by atoms with E-state index in [0.29, 0.717) is 23.1 Å². The van der Waals surface area contributed by atoms with Gasteiger partial charge >= 0.3 is 0 Å². The van der Waals surface area contributed by atoms with Crippen molar-refractivity contribution in [2.45, 2.75) is 37.3 Å². The molecule has 0 N–H and O–H groups in total. The number of hydrogen-bond donors (Lipinski definition) is 0. The van der Waals surface area contributed by atoms with Gasteiger partial charge in [0, 0.05) is 37.3 Å². The number of carbonyl (C=O) groups is 1. The summed E-state index contributed by atoms with van der Waals surface area (Å²) in [5.41, 5.74) is 0.909. The number of likely N-dealkylation sites (tertiary alicyclic amines) is 2. The van der Waals surface area contributed by atoms with Crippen LogP contribution in [0.3, 0.4) is 0 Å². The van der Waals surface area contributed by atoms with Crippen LogP contribution >= 0.6 is 0 Å². The molecule has 6 nitrogen and oxygen atoms in total. The fourth-order valence-electron chi connectivity index (χ4n) is 4.52. The maximum atomic E-state index is 12.8. The van der Waals surface area contributed by atoms with E-state index in [2.05, 4.69) is 11.9 Å². The number of ether oxygens (including phenoxy) is 3. The van der Waals surface area contributed by atoms with Gasteiger partial charge in [0.05, 0.1) is 6.61 Å². The van der Waals surface area contributed by atoms with E-state index in [1.165, 1.54) is 12.8 Å². The van der Waals surface area contributed by atoms with Crippen molar-refractivity contribution in [3.05, 3.63) is 23.8 Å². The molecular formula is C19H26N2O4. The van der Waals surface area contributed by atoms with Gasteiger partial charge in [0.25, 0.3) is 5.91 Å². The first-order valence-electron chi connectivity index (χ1n) is 9.04. The van der Waals surface area contributed by atoms with E-state index in [-0.39, 0.29) is 18.2 Å². The van der Waals surface area contributed by atoms with Gasteiger partial charge in [0.2, 0.25) is 6.79 Å². The summed E-state index contributed by atoms with van der Waals surface area (Å²) in [5.74, 6) is 1.46. The lowest BCUT2D eigenvalue weighted by Gasteiger charge is -2.45. The van der Waals surface area contributed by atoms with Crippen LogP contribution in [0.2, 0.25) is 0 Å². The Labute approximate surface area is 148 Å². The maximum Gasteiger partial charge on any atom is 0.253 e. The third-order valence-corrected chi connectivity index (χ3v) is 6.20. The van der Waals surface area contributed by atoms with Crippen molar-refractivity contribution in [1.29, 1.82) is 0 Å². The molecule has 3 heterocycles. The normalized spacial score (nSPS) is 24.9. The molecule has 4 rings (SSSR count). The van der Waals surface area contributed by atoms with Crippen LogP contribution < -0.4 is 9.47 Å². The number of fused-ring (bicyclic) bond motifs is 1. The van der Waals surface area contributed by atoms with E-state index in [1.54, 1.807) is 13.2 Å². The average molecular weight is 346 g/mol. The molecule has 3 aliphatic heterocycles. The first-order chi connectivity index (χ1) is 12.1. The molecule has 1 aromatic rings. The zero-order valence-electron chi connectivity index (χ0n) is 15.0. The van der Waals surface area contributed by atoms with Crippen LogP contribution in [0, 0.1) is 0 Å². The Bertz CT molecular complexity index is 655. The predicted molar refractivity (Wildman–Crippen MR) is 93.1 cm³/mol.